The first-order valence-corrected chi connectivity index (χ1v) is 7.97. The molecule has 1 amide bonds. The second-order valence-corrected chi connectivity index (χ2v) is 6.37. The molecule has 0 aliphatic carbocycles. The van der Waals surface area contributed by atoms with E-state index in [1.807, 2.05) is 31.2 Å². The largest absolute Gasteiger partial charge is 0.358 e. The van der Waals surface area contributed by atoms with Crippen molar-refractivity contribution in [3.8, 4) is 0 Å². The van der Waals surface area contributed by atoms with Crippen LogP contribution in [0.4, 0.5) is 0 Å². The minimum Gasteiger partial charge on any atom is -0.358 e. The van der Waals surface area contributed by atoms with Crippen molar-refractivity contribution >= 4 is 23.0 Å². The van der Waals surface area contributed by atoms with Crippen LogP contribution in [0.15, 0.2) is 29.4 Å². The fourth-order valence-electron chi connectivity index (χ4n) is 2.89. The number of carbonyl (C=O) groups is 1. The molecule has 0 saturated carbocycles. The van der Waals surface area contributed by atoms with Crippen LogP contribution in [0.2, 0.25) is 0 Å². The van der Waals surface area contributed by atoms with Gasteiger partial charge in [-0.15, -0.1) is 0 Å². The van der Waals surface area contributed by atoms with E-state index in [1.165, 1.54) is 0 Å². The van der Waals surface area contributed by atoms with Crippen molar-refractivity contribution in [1.29, 1.82) is 0 Å². The SMILES string of the molecule is Cc1[nH]c2ccccc2c1/C=N/NC(=O)C1CC(C(C)C)NN1. The van der Waals surface area contributed by atoms with E-state index in [9.17, 15) is 4.79 Å². The topological polar surface area (TPSA) is 81.3 Å². The third-order valence-corrected chi connectivity index (χ3v) is 4.37. The van der Waals surface area contributed by atoms with Crippen LogP contribution in [0.25, 0.3) is 10.9 Å². The number of amides is 1. The van der Waals surface area contributed by atoms with E-state index in [0.29, 0.717) is 12.0 Å². The summed E-state index contributed by atoms with van der Waals surface area (Å²) in [4.78, 5) is 15.5. The molecule has 2 atom stereocenters. The summed E-state index contributed by atoms with van der Waals surface area (Å²) in [5.74, 6) is 0.368. The van der Waals surface area contributed by atoms with Crippen LogP contribution in [0.3, 0.4) is 0 Å². The summed E-state index contributed by atoms with van der Waals surface area (Å²) in [5, 5.41) is 5.23. The number of hydrazone groups is 1. The maximum Gasteiger partial charge on any atom is 0.258 e. The van der Waals surface area contributed by atoms with Crippen LogP contribution >= 0.6 is 0 Å². The number of nitrogens with one attached hydrogen (secondary N) is 4. The average Bonchev–Trinajstić information content (AvgIpc) is 3.12. The van der Waals surface area contributed by atoms with Crippen LogP contribution in [0, 0.1) is 12.8 Å². The van der Waals surface area contributed by atoms with Gasteiger partial charge in [-0.2, -0.15) is 5.10 Å². The minimum atomic E-state index is -0.247. The lowest BCUT2D eigenvalue weighted by Crippen LogP contribution is -2.42. The summed E-state index contributed by atoms with van der Waals surface area (Å²) < 4.78 is 0. The van der Waals surface area contributed by atoms with Crippen molar-refractivity contribution in [3.63, 3.8) is 0 Å². The van der Waals surface area contributed by atoms with Crippen molar-refractivity contribution in [2.45, 2.75) is 39.3 Å². The van der Waals surface area contributed by atoms with Gasteiger partial charge in [-0.25, -0.2) is 10.9 Å². The average molecular weight is 313 g/mol. The molecule has 1 aliphatic heterocycles. The smallest absolute Gasteiger partial charge is 0.258 e. The highest BCUT2D eigenvalue weighted by atomic mass is 16.2. The third kappa shape index (κ3) is 3.28. The number of aromatic amines is 1. The number of rotatable bonds is 4. The zero-order valence-electron chi connectivity index (χ0n) is 13.7. The molecule has 122 valence electrons. The Morgan fingerprint density at radius 2 is 2.13 bits per heavy atom. The molecule has 0 bridgehead atoms. The molecule has 1 aromatic carbocycles. The molecule has 23 heavy (non-hydrogen) atoms. The number of hydrogen-bond donors (Lipinski definition) is 4. The molecule has 1 aromatic heterocycles. The van der Waals surface area contributed by atoms with Crippen LogP contribution in [-0.4, -0.2) is 29.2 Å². The van der Waals surface area contributed by atoms with E-state index in [4.69, 9.17) is 0 Å². The number of hydrogen-bond acceptors (Lipinski definition) is 4. The summed E-state index contributed by atoms with van der Waals surface area (Å²) in [5.41, 5.74) is 11.9. The third-order valence-electron chi connectivity index (χ3n) is 4.37. The summed E-state index contributed by atoms with van der Waals surface area (Å²) >= 11 is 0. The Labute approximate surface area is 135 Å². The Morgan fingerprint density at radius 3 is 2.87 bits per heavy atom. The molecular weight excluding hydrogens is 290 g/mol. The van der Waals surface area contributed by atoms with Gasteiger partial charge in [0, 0.05) is 28.2 Å². The first kappa shape index (κ1) is 15.7. The van der Waals surface area contributed by atoms with E-state index in [-0.39, 0.29) is 11.9 Å². The number of H-pyrrole nitrogens is 1. The molecule has 1 saturated heterocycles. The van der Waals surface area contributed by atoms with E-state index in [0.717, 1.165) is 28.6 Å². The van der Waals surface area contributed by atoms with Gasteiger partial charge in [-0.3, -0.25) is 10.2 Å². The van der Waals surface area contributed by atoms with E-state index >= 15 is 0 Å². The molecule has 4 N–H and O–H groups in total. The highest BCUT2D eigenvalue weighted by Crippen LogP contribution is 2.19. The lowest BCUT2D eigenvalue weighted by atomic mass is 9.99. The van der Waals surface area contributed by atoms with Crippen LogP contribution in [0.1, 0.15) is 31.5 Å². The quantitative estimate of drug-likeness (QED) is 0.513. The van der Waals surface area contributed by atoms with Gasteiger partial charge in [-0.05, 0) is 25.3 Å². The number of nitrogens with zero attached hydrogens (tertiary/aromatic N) is 1. The molecule has 2 heterocycles. The molecule has 3 rings (SSSR count). The number of fused-ring (bicyclic) bond motifs is 1. The van der Waals surface area contributed by atoms with Crippen molar-refractivity contribution in [2.75, 3.05) is 0 Å². The Kier molecular flexibility index (Phi) is 4.45. The minimum absolute atomic E-state index is 0.116. The highest BCUT2D eigenvalue weighted by molar-refractivity contribution is 6.00. The predicted octanol–water partition coefficient (Wildman–Crippen LogP) is 1.82. The van der Waals surface area contributed by atoms with Crippen LogP contribution in [-0.2, 0) is 4.79 Å². The van der Waals surface area contributed by atoms with Crippen molar-refractivity contribution < 1.29 is 4.79 Å². The molecule has 6 nitrogen and oxygen atoms in total. The van der Waals surface area contributed by atoms with Gasteiger partial charge in [0.1, 0.15) is 6.04 Å². The van der Waals surface area contributed by atoms with E-state index in [2.05, 4.69) is 40.2 Å². The summed E-state index contributed by atoms with van der Waals surface area (Å²) in [7, 11) is 0. The number of aromatic nitrogens is 1. The molecule has 6 heteroatoms. The van der Waals surface area contributed by atoms with Crippen molar-refractivity contribution in [2.24, 2.45) is 11.0 Å². The fraction of sp³-hybridized carbons (Fsp3) is 0.412. The van der Waals surface area contributed by atoms with Crippen LogP contribution < -0.4 is 16.3 Å². The fourth-order valence-corrected chi connectivity index (χ4v) is 2.89. The van der Waals surface area contributed by atoms with Crippen LogP contribution in [0.5, 0.6) is 0 Å². The second-order valence-electron chi connectivity index (χ2n) is 6.37. The van der Waals surface area contributed by atoms with E-state index < -0.39 is 0 Å². The first-order valence-electron chi connectivity index (χ1n) is 7.97. The number of aryl methyl sites for hydroxylation is 1. The Balaban J connectivity index is 1.64. The zero-order chi connectivity index (χ0) is 16.4. The van der Waals surface area contributed by atoms with Gasteiger partial charge in [-0.1, -0.05) is 32.0 Å². The summed E-state index contributed by atoms with van der Waals surface area (Å²) in [6.45, 7) is 6.27. The normalized spacial score (nSPS) is 21.6. The Hall–Kier alpha value is -2.18. The molecule has 0 spiro atoms. The molecule has 2 unspecified atom stereocenters. The van der Waals surface area contributed by atoms with Gasteiger partial charge in [0.2, 0.25) is 0 Å². The van der Waals surface area contributed by atoms with Gasteiger partial charge >= 0.3 is 0 Å². The maximum atomic E-state index is 12.2. The molecule has 1 aliphatic rings. The number of hydrazine groups is 1. The number of carbonyl (C=O) groups excluding carboxylic acids is 1. The van der Waals surface area contributed by atoms with Crippen molar-refractivity contribution in [3.05, 3.63) is 35.5 Å². The molecular formula is C17H23N5O. The van der Waals surface area contributed by atoms with E-state index in [1.54, 1.807) is 6.21 Å². The lowest BCUT2D eigenvalue weighted by Gasteiger charge is -2.12. The molecule has 2 aromatic rings. The zero-order valence-corrected chi connectivity index (χ0v) is 13.7. The van der Waals surface area contributed by atoms with Gasteiger partial charge < -0.3 is 4.98 Å². The Morgan fingerprint density at radius 1 is 1.35 bits per heavy atom. The standard InChI is InChI=1S/C17H23N5O/c1-10(2)15-8-16(21-20-15)17(23)22-18-9-13-11(3)19-14-7-5-4-6-12(13)14/h4-7,9-10,15-16,19-21H,8H2,1-3H3,(H,22,23)/b18-9+. The maximum absolute atomic E-state index is 12.2. The van der Waals surface area contributed by atoms with Gasteiger partial charge in [0.15, 0.2) is 0 Å². The second kappa shape index (κ2) is 6.52. The molecule has 1 fully saturated rings. The number of benzene rings is 1. The number of para-hydroxylation sites is 1. The summed E-state index contributed by atoms with van der Waals surface area (Å²) in [6, 6.07) is 8.11. The first-order chi connectivity index (χ1) is 11.1. The Bertz CT molecular complexity index is 734. The summed E-state index contributed by atoms with van der Waals surface area (Å²) in [6.07, 6.45) is 2.47. The monoisotopic (exact) mass is 313 g/mol. The molecule has 0 radical (unpaired) electrons. The lowest BCUT2D eigenvalue weighted by molar-refractivity contribution is -0.122. The van der Waals surface area contributed by atoms with Crippen molar-refractivity contribution in [1.82, 2.24) is 21.3 Å². The predicted molar refractivity (Wildman–Crippen MR) is 92.1 cm³/mol. The highest BCUT2D eigenvalue weighted by Gasteiger charge is 2.30. The van der Waals surface area contributed by atoms with Gasteiger partial charge in [0.25, 0.3) is 5.91 Å². The van der Waals surface area contributed by atoms with Gasteiger partial charge in [0.05, 0.1) is 6.21 Å².